The minimum absolute atomic E-state index is 0.297. The standard InChI is InChI=1S/C32H41N7O2S/c1-7-32(40)36-25(20-38-15-10-11-26(14-16-38)39(8-2)9-3)18-28(22(4)41-6)37-31-19-29(33-21-34-31)24-12-13-27-30(17-24)42-23(5)35-27/h7,12-13,17-21,26H,1,4,8-11,14-16H2,2-3,5-6H3,(H,36,40)(H,33,34,37)/b25-20-,28-18+. The van der Waals surface area contributed by atoms with Crippen molar-refractivity contribution in [2.75, 3.05) is 38.6 Å². The van der Waals surface area contributed by atoms with Gasteiger partial charge in [-0.15, -0.1) is 11.3 Å². The number of nitrogens with zero attached hydrogens (tertiary/aromatic N) is 5. The van der Waals surface area contributed by atoms with Crippen molar-refractivity contribution in [2.45, 2.75) is 46.1 Å². The fourth-order valence-electron chi connectivity index (χ4n) is 5.20. The molecular formula is C32H41N7O2S. The molecule has 3 aromatic rings. The molecule has 1 aliphatic rings. The molecule has 0 spiro atoms. The largest absolute Gasteiger partial charge is 0.495 e. The first-order chi connectivity index (χ1) is 20.3. The van der Waals surface area contributed by atoms with E-state index in [-0.39, 0.29) is 5.91 Å². The Morgan fingerprint density at radius 3 is 2.76 bits per heavy atom. The topological polar surface area (TPSA) is 95.5 Å². The summed E-state index contributed by atoms with van der Waals surface area (Å²) in [5, 5.41) is 7.29. The van der Waals surface area contributed by atoms with Crippen LogP contribution in [0.4, 0.5) is 5.82 Å². The van der Waals surface area contributed by atoms with Crippen molar-refractivity contribution in [3.8, 4) is 11.3 Å². The van der Waals surface area contributed by atoms with Gasteiger partial charge in [0.15, 0.2) is 0 Å². The lowest BCUT2D eigenvalue weighted by Gasteiger charge is -2.28. The van der Waals surface area contributed by atoms with Crippen molar-refractivity contribution < 1.29 is 9.53 Å². The van der Waals surface area contributed by atoms with Crippen LogP contribution in [0.15, 0.2) is 79.3 Å². The molecule has 1 amide bonds. The van der Waals surface area contributed by atoms with E-state index in [4.69, 9.17) is 4.74 Å². The molecule has 9 nitrogen and oxygen atoms in total. The number of methoxy groups -OCH3 is 1. The molecular weight excluding hydrogens is 546 g/mol. The van der Waals surface area contributed by atoms with Crippen molar-refractivity contribution in [1.82, 2.24) is 30.1 Å². The lowest BCUT2D eigenvalue weighted by atomic mass is 10.1. The molecule has 1 saturated heterocycles. The molecule has 1 aromatic carbocycles. The number of anilines is 1. The third-order valence-electron chi connectivity index (χ3n) is 7.40. The number of aromatic nitrogens is 3. The number of fused-ring (bicyclic) bond motifs is 1. The Morgan fingerprint density at radius 2 is 2.02 bits per heavy atom. The van der Waals surface area contributed by atoms with Crippen LogP contribution in [0.25, 0.3) is 21.5 Å². The van der Waals surface area contributed by atoms with Crippen LogP contribution in [0.1, 0.15) is 38.1 Å². The van der Waals surface area contributed by atoms with Crippen molar-refractivity contribution >= 4 is 33.3 Å². The van der Waals surface area contributed by atoms with Crippen molar-refractivity contribution in [1.29, 1.82) is 0 Å². The fraction of sp³-hybridized carbons (Fsp3) is 0.375. The quantitative estimate of drug-likeness (QED) is 0.155. The van der Waals surface area contributed by atoms with Crippen LogP contribution < -0.4 is 10.6 Å². The molecule has 1 atom stereocenters. The summed E-state index contributed by atoms with van der Waals surface area (Å²) in [5.41, 5.74) is 3.87. The zero-order chi connectivity index (χ0) is 30.1. The second kappa shape index (κ2) is 14.7. The lowest BCUT2D eigenvalue weighted by Crippen LogP contribution is -2.35. The number of nitrogens with one attached hydrogen (secondary N) is 2. The highest BCUT2D eigenvalue weighted by atomic mass is 32.1. The molecule has 42 heavy (non-hydrogen) atoms. The number of amides is 1. The Balaban J connectivity index is 1.60. The summed E-state index contributed by atoms with van der Waals surface area (Å²) in [6.07, 6.45) is 9.90. The maximum absolute atomic E-state index is 12.4. The maximum atomic E-state index is 12.4. The molecule has 1 aliphatic heterocycles. The van der Waals surface area contributed by atoms with Crippen LogP contribution in [0.2, 0.25) is 0 Å². The number of benzene rings is 1. The summed E-state index contributed by atoms with van der Waals surface area (Å²) >= 11 is 1.65. The molecule has 1 unspecified atom stereocenters. The summed E-state index contributed by atoms with van der Waals surface area (Å²) in [5.74, 6) is 0.665. The average Bonchev–Trinajstić information content (AvgIpc) is 3.22. The van der Waals surface area contributed by atoms with Gasteiger partial charge in [-0.3, -0.25) is 4.79 Å². The van der Waals surface area contributed by atoms with Gasteiger partial charge >= 0.3 is 0 Å². The molecule has 0 aliphatic carbocycles. The van der Waals surface area contributed by atoms with Gasteiger partial charge < -0.3 is 25.2 Å². The average molecular weight is 588 g/mol. The van der Waals surface area contributed by atoms with Crippen LogP contribution in [-0.4, -0.2) is 70.0 Å². The van der Waals surface area contributed by atoms with Crippen molar-refractivity contribution in [3.63, 3.8) is 0 Å². The Labute approximate surface area is 252 Å². The molecule has 2 aromatic heterocycles. The minimum Gasteiger partial charge on any atom is -0.495 e. The van der Waals surface area contributed by atoms with E-state index in [1.165, 1.54) is 12.4 Å². The minimum atomic E-state index is -0.297. The predicted molar refractivity (Wildman–Crippen MR) is 172 cm³/mol. The van der Waals surface area contributed by atoms with Gasteiger partial charge in [0.25, 0.3) is 0 Å². The van der Waals surface area contributed by atoms with Crippen molar-refractivity contribution in [3.05, 3.63) is 84.3 Å². The summed E-state index contributed by atoms with van der Waals surface area (Å²) in [4.78, 5) is 30.7. The van der Waals surface area contributed by atoms with E-state index in [0.29, 0.717) is 29.0 Å². The van der Waals surface area contributed by atoms with E-state index in [1.807, 2.05) is 37.4 Å². The second-order valence-electron chi connectivity index (χ2n) is 10.1. The number of ether oxygens (including phenoxy) is 1. The third kappa shape index (κ3) is 8.04. The van der Waals surface area contributed by atoms with E-state index < -0.39 is 0 Å². The highest BCUT2D eigenvalue weighted by Gasteiger charge is 2.20. The number of hydrogen-bond acceptors (Lipinski definition) is 9. The lowest BCUT2D eigenvalue weighted by molar-refractivity contribution is -0.115. The van der Waals surface area contributed by atoms with Crippen LogP contribution in [0, 0.1) is 6.92 Å². The Kier molecular flexibility index (Phi) is 10.9. The predicted octanol–water partition coefficient (Wildman–Crippen LogP) is 5.86. The van der Waals surface area contributed by atoms with E-state index in [9.17, 15) is 4.79 Å². The highest BCUT2D eigenvalue weighted by Crippen LogP contribution is 2.28. The number of allylic oxidation sites excluding steroid dienone is 1. The first kappa shape index (κ1) is 30.9. The van der Waals surface area contributed by atoms with Gasteiger partial charge in [0, 0.05) is 37.0 Å². The van der Waals surface area contributed by atoms with Gasteiger partial charge in [-0.2, -0.15) is 0 Å². The second-order valence-corrected chi connectivity index (χ2v) is 11.4. The smallest absolute Gasteiger partial charge is 0.247 e. The molecule has 0 bridgehead atoms. The van der Waals surface area contributed by atoms with Crippen molar-refractivity contribution in [2.24, 2.45) is 0 Å². The molecule has 4 rings (SSSR count). The molecule has 3 heterocycles. The molecule has 0 radical (unpaired) electrons. The highest BCUT2D eigenvalue weighted by molar-refractivity contribution is 7.18. The maximum Gasteiger partial charge on any atom is 0.247 e. The zero-order valence-electron chi connectivity index (χ0n) is 25.0. The van der Waals surface area contributed by atoms with E-state index in [2.05, 4.69) is 68.5 Å². The molecule has 0 saturated carbocycles. The monoisotopic (exact) mass is 587 g/mol. The summed E-state index contributed by atoms with van der Waals surface area (Å²) in [6.45, 7) is 18.1. The third-order valence-corrected chi connectivity index (χ3v) is 8.34. The van der Waals surface area contributed by atoms with Gasteiger partial charge in [-0.25, -0.2) is 15.0 Å². The number of rotatable bonds is 12. The van der Waals surface area contributed by atoms with Gasteiger partial charge in [0.1, 0.15) is 17.9 Å². The SMILES string of the molecule is C=CC(=O)NC(=C\N1CCCC(N(CC)CC)CC1)/C=C(/Nc1cc(-c2ccc3nc(C)sc3c2)ncn1)C(=C)OC. The normalized spacial score (nSPS) is 16.3. The summed E-state index contributed by atoms with van der Waals surface area (Å²) < 4.78 is 6.61. The fourth-order valence-corrected chi connectivity index (χ4v) is 6.07. The van der Waals surface area contributed by atoms with Crippen LogP contribution in [0.5, 0.6) is 0 Å². The first-order valence-electron chi connectivity index (χ1n) is 14.4. The van der Waals surface area contributed by atoms with E-state index in [0.717, 1.165) is 71.9 Å². The van der Waals surface area contributed by atoms with Gasteiger partial charge in [-0.05, 0) is 63.6 Å². The Hall–Kier alpha value is -4.02. The van der Waals surface area contributed by atoms with E-state index >= 15 is 0 Å². The number of thiazole rings is 1. The van der Waals surface area contributed by atoms with Crippen LogP contribution in [0.3, 0.4) is 0 Å². The first-order valence-corrected chi connectivity index (χ1v) is 15.2. The Morgan fingerprint density at radius 1 is 1.21 bits per heavy atom. The molecule has 1 fully saturated rings. The van der Waals surface area contributed by atoms with Gasteiger partial charge in [-0.1, -0.05) is 33.1 Å². The Bertz CT molecular complexity index is 1470. The number of carbonyl (C=O) groups is 1. The summed E-state index contributed by atoms with van der Waals surface area (Å²) in [6, 6.07) is 8.55. The number of likely N-dealkylation sites (tertiary alicyclic amines) is 1. The number of carbonyl (C=O) groups excluding carboxylic acids is 1. The van der Waals surface area contributed by atoms with Crippen LogP contribution >= 0.6 is 11.3 Å². The van der Waals surface area contributed by atoms with Gasteiger partial charge in [0.2, 0.25) is 5.91 Å². The summed E-state index contributed by atoms with van der Waals surface area (Å²) in [7, 11) is 1.56. The molecule has 10 heteroatoms. The molecule has 2 N–H and O–H groups in total. The zero-order valence-corrected chi connectivity index (χ0v) is 25.8. The van der Waals surface area contributed by atoms with E-state index in [1.54, 1.807) is 18.4 Å². The van der Waals surface area contributed by atoms with Gasteiger partial charge in [0.05, 0.1) is 39.4 Å². The molecule has 222 valence electrons. The van der Waals surface area contributed by atoms with Crippen LogP contribution in [-0.2, 0) is 9.53 Å². The number of aryl methyl sites for hydroxylation is 1. The number of hydrogen-bond donors (Lipinski definition) is 2.